The summed E-state index contributed by atoms with van der Waals surface area (Å²) in [5.41, 5.74) is 1.82. The fourth-order valence-corrected chi connectivity index (χ4v) is 2.36. The van der Waals surface area contributed by atoms with E-state index in [1.54, 1.807) is 18.5 Å². The molecule has 0 aliphatic carbocycles. The summed E-state index contributed by atoms with van der Waals surface area (Å²) in [6.07, 6.45) is 6.57. The van der Waals surface area contributed by atoms with Crippen LogP contribution in [0.3, 0.4) is 0 Å². The van der Waals surface area contributed by atoms with Crippen LogP contribution in [0.25, 0.3) is 6.08 Å². The van der Waals surface area contributed by atoms with Crippen LogP contribution in [0, 0.1) is 0 Å². The summed E-state index contributed by atoms with van der Waals surface area (Å²) in [7, 11) is 0. The van der Waals surface area contributed by atoms with Crippen molar-refractivity contribution in [3.05, 3.63) is 66.0 Å². The van der Waals surface area contributed by atoms with E-state index in [1.807, 2.05) is 36.4 Å². The zero-order valence-corrected chi connectivity index (χ0v) is 13.1. The number of hydrogen-bond acceptors (Lipinski definition) is 4. The number of nitrogens with zero attached hydrogens (tertiary/aromatic N) is 1. The second kappa shape index (κ2) is 8.75. The SMILES string of the molecule is O=C(O)CSc1ccc(/C=C/C(=O)NCc2cccnc2)cc1. The molecule has 0 aliphatic rings. The Morgan fingerprint density at radius 3 is 2.65 bits per heavy atom. The predicted octanol–water partition coefficient (Wildman–Crippen LogP) is 2.59. The van der Waals surface area contributed by atoms with Gasteiger partial charge in [-0.2, -0.15) is 0 Å². The molecule has 2 rings (SSSR count). The van der Waals surface area contributed by atoms with Crippen LogP contribution in [0.2, 0.25) is 0 Å². The van der Waals surface area contributed by atoms with Gasteiger partial charge in [-0.25, -0.2) is 0 Å². The molecule has 23 heavy (non-hydrogen) atoms. The molecule has 1 heterocycles. The van der Waals surface area contributed by atoms with E-state index in [9.17, 15) is 9.59 Å². The number of nitrogens with one attached hydrogen (secondary N) is 1. The molecule has 2 aromatic rings. The Hall–Kier alpha value is -2.60. The molecule has 0 fully saturated rings. The van der Waals surface area contributed by atoms with Crippen LogP contribution in [-0.4, -0.2) is 27.7 Å². The van der Waals surface area contributed by atoms with Gasteiger partial charge in [-0.1, -0.05) is 18.2 Å². The zero-order valence-electron chi connectivity index (χ0n) is 12.3. The van der Waals surface area contributed by atoms with Gasteiger partial charge >= 0.3 is 5.97 Å². The average Bonchev–Trinajstić information content (AvgIpc) is 2.58. The highest BCUT2D eigenvalue weighted by Gasteiger charge is 2.00. The van der Waals surface area contributed by atoms with E-state index in [2.05, 4.69) is 10.3 Å². The number of benzene rings is 1. The second-order valence-corrected chi connectivity index (χ2v) is 5.71. The zero-order chi connectivity index (χ0) is 16.5. The quantitative estimate of drug-likeness (QED) is 0.603. The highest BCUT2D eigenvalue weighted by Crippen LogP contribution is 2.18. The fraction of sp³-hybridized carbons (Fsp3) is 0.118. The molecule has 0 saturated carbocycles. The summed E-state index contributed by atoms with van der Waals surface area (Å²) in [5.74, 6) is -0.992. The topological polar surface area (TPSA) is 79.3 Å². The third-order valence-corrected chi connectivity index (χ3v) is 3.86. The lowest BCUT2D eigenvalue weighted by molar-refractivity contribution is -0.133. The number of aliphatic carboxylic acids is 1. The van der Waals surface area contributed by atoms with Gasteiger partial charge in [0.2, 0.25) is 5.91 Å². The Morgan fingerprint density at radius 1 is 1.22 bits per heavy atom. The summed E-state index contributed by atoms with van der Waals surface area (Å²) in [6.45, 7) is 0.432. The smallest absolute Gasteiger partial charge is 0.313 e. The van der Waals surface area contributed by atoms with Crippen molar-refractivity contribution in [3.63, 3.8) is 0 Å². The summed E-state index contributed by atoms with van der Waals surface area (Å²) < 4.78 is 0. The minimum absolute atomic E-state index is 0.0337. The van der Waals surface area contributed by atoms with Gasteiger partial charge in [0.15, 0.2) is 0 Å². The molecule has 118 valence electrons. The molecule has 2 N–H and O–H groups in total. The maximum absolute atomic E-state index is 11.7. The second-order valence-electron chi connectivity index (χ2n) is 4.66. The van der Waals surface area contributed by atoms with Gasteiger partial charge in [-0.3, -0.25) is 14.6 Å². The molecule has 1 aromatic heterocycles. The molecule has 0 unspecified atom stereocenters. The Bertz CT molecular complexity index is 685. The van der Waals surface area contributed by atoms with E-state index in [0.717, 1.165) is 16.0 Å². The van der Waals surface area contributed by atoms with Crippen molar-refractivity contribution in [2.75, 3.05) is 5.75 Å². The minimum Gasteiger partial charge on any atom is -0.481 e. The van der Waals surface area contributed by atoms with E-state index in [-0.39, 0.29) is 11.7 Å². The first-order valence-corrected chi connectivity index (χ1v) is 7.91. The summed E-state index contributed by atoms with van der Waals surface area (Å²) in [4.78, 5) is 27.1. The normalized spacial score (nSPS) is 10.6. The number of rotatable bonds is 7. The van der Waals surface area contributed by atoms with Crippen LogP contribution in [0.1, 0.15) is 11.1 Å². The molecule has 0 radical (unpaired) electrons. The van der Waals surface area contributed by atoms with Gasteiger partial charge < -0.3 is 10.4 Å². The lowest BCUT2D eigenvalue weighted by Gasteiger charge is -2.02. The first-order chi connectivity index (χ1) is 11.1. The molecule has 0 saturated heterocycles. The van der Waals surface area contributed by atoms with Crippen molar-refractivity contribution in [1.82, 2.24) is 10.3 Å². The first kappa shape index (κ1) is 16.8. The van der Waals surface area contributed by atoms with E-state index >= 15 is 0 Å². The molecular weight excluding hydrogens is 312 g/mol. The summed E-state index contributed by atoms with van der Waals surface area (Å²) in [6, 6.07) is 11.1. The number of carboxylic acid groups (broad SMARTS) is 1. The Labute approximate surface area is 138 Å². The Morgan fingerprint density at radius 2 is 2.00 bits per heavy atom. The van der Waals surface area contributed by atoms with Crippen LogP contribution in [0.15, 0.2) is 59.8 Å². The third-order valence-electron chi connectivity index (χ3n) is 2.86. The molecular formula is C17H16N2O3S. The number of carbonyl (C=O) groups excluding carboxylic acids is 1. The number of aromatic nitrogens is 1. The highest BCUT2D eigenvalue weighted by atomic mass is 32.2. The Balaban J connectivity index is 1.82. The largest absolute Gasteiger partial charge is 0.481 e. The lowest BCUT2D eigenvalue weighted by atomic mass is 10.2. The van der Waals surface area contributed by atoms with Crippen LogP contribution in [-0.2, 0) is 16.1 Å². The molecule has 1 amide bonds. The van der Waals surface area contributed by atoms with Gasteiger partial charge in [0, 0.05) is 29.9 Å². The van der Waals surface area contributed by atoms with Crippen LogP contribution in [0.4, 0.5) is 0 Å². The first-order valence-electron chi connectivity index (χ1n) is 6.93. The van der Waals surface area contributed by atoms with Gasteiger partial charge in [0.25, 0.3) is 0 Å². The molecule has 5 nitrogen and oxygen atoms in total. The van der Waals surface area contributed by atoms with E-state index in [4.69, 9.17) is 5.11 Å². The molecule has 1 aromatic carbocycles. The molecule has 0 aliphatic heterocycles. The van der Waals surface area contributed by atoms with Crippen LogP contribution >= 0.6 is 11.8 Å². The standard InChI is InChI=1S/C17H16N2O3S/c20-16(19-11-14-2-1-9-18-10-14)8-5-13-3-6-15(7-4-13)23-12-17(21)22/h1-10H,11-12H2,(H,19,20)(H,21,22)/b8-5+. The van der Waals surface area contributed by atoms with Gasteiger partial charge in [0.1, 0.15) is 0 Å². The minimum atomic E-state index is -0.843. The maximum Gasteiger partial charge on any atom is 0.313 e. The van der Waals surface area contributed by atoms with Gasteiger partial charge in [-0.15, -0.1) is 11.8 Å². The fourth-order valence-electron chi connectivity index (χ4n) is 1.74. The van der Waals surface area contributed by atoms with Crippen molar-refractivity contribution in [2.24, 2.45) is 0 Å². The monoisotopic (exact) mass is 328 g/mol. The number of carbonyl (C=O) groups is 2. The number of thioether (sulfide) groups is 1. The predicted molar refractivity (Wildman–Crippen MR) is 89.9 cm³/mol. The lowest BCUT2D eigenvalue weighted by Crippen LogP contribution is -2.20. The van der Waals surface area contributed by atoms with Crippen molar-refractivity contribution >= 4 is 29.7 Å². The van der Waals surface area contributed by atoms with Gasteiger partial charge in [-0.05, 0) is 35.4 Å². The number of pyridine rings is 1. The highest BCUT2D eigenvalue weighted by molar-refractivity contribution is 8.00. The van der Waals surface area contributed by atoms with E-state index in [0.29, 0.717) is 6.54 Å². The van der Waals surface area contributed by atoms with Gasteiger partial charge in [0.05, 0.1) is 5.75 Å². The van der Waals surface area contributed by atoms with Crippen molar-refractivity contribution in [1.29, 1.82) is 0 Å². The van der Waals surface area contributed by atoms with Crippen molar-refractivity contribution < 1.29 is 14.7 Å². The van der Waals surface area contributed by atoms with Crippen LogP contribution in [0.5, 0.6) is 0 Å². The van der Waals surface area contributed by atoms with E-state index in [1.165, 1.54) is 17.8 Å². The molecule has 0 spiro atoms. The van der Waals surface area contributed by atoms with Crippen molar-refractivity contribution in [2.45, 2.75) is 11.4 Å². The number of hydrogen-bond donors (Lipinski definition) is 2. The van der Waals surface area contributed by atoms with Crippen molar-refractivity contribution in [3.8, 4) is 0 Å². The number of amides is 1. The third kappa shape index (κ3) is 6.36. The molecule has 6 heteroatoms. The van der Waals surface area contributed by atoms with Crippen LogP contribution < -0.4 is 5.32 Å². The summed E-state index contributed by atoms with van der Waals surface area (Å²) >= 11 is 1.26. The molecule has 0 atom stereocenters. The Kier molecular flexibility index (Phi) is 6.38. The average molecular weight is 328 g/mol. The number of carboxylic acids is 1. The maximum atomic E-state index is 11.7. The van der Waals surface area contributed by atoms with E-state index < -0.39 is 5.97 Å². The summed E-state index contributed by atoms with van der Waals surface area (Å²) in [5, 5.41) is 11.4. The molecule has 0 bridgehead atoms.